The minimum absolute atomic E-state index is 0.106. The smallest absolute Gasteiger partial charge is 0.328 e. The van der Waals surface area contributed by atoms with Crippen molar-refractivity contribution in [3.8, 4) is 0 Å². The standard InChI is InChI=1S/C13H23NO4/c1-9(15)11(13(17)18)14-12(16)10-7-5-3-2-4-6-8-10/h9-11,15H,2-8H2,1H3,(H,14,16)(H,17,18)/t9-,11+/m1/s1. The van der Waals surface area contributed by atoms with Crippen molar-refractivity contribution in [2.24, 2.45) is 5.92 Å². The summed E-state index contributed by atoms with van der Waals surface area (Å²) in [6.07, 6.45) is 6.09. The second-order valence-corrected chi connectivity index (χ2v) is 5.11. The number of carbonyl (C=O) groups excluding carboxylic acids is 1. The van der Waals surface area contributed by atoms with Crippen LogP contribution in [0.3, 0.4) is 0 Å². The first-order chi connectivity index (χ1) is 8.52. The number of carboxylic acid groups (broad SMARTS) is 1. The molecular formula is C13H23NO4. The number of aliphatic hydroxyl groups excluding tert-OH is 1. The van der Waals surface area contributed by atoms with E-state index in [2.05, 4.69) is 5.32 Å². The van der Waals surface area contributed by atoms with E-state index >= 15 is 0 Å². The summed E-state index contributed by atoms with van der Waals surface area (Å²) < 4.78 is 0. The number of hydrogen-bond acceptors (Lipinski definition) is 3. The van der Waals surface area contributed by atoms with Gasteiger partial charge >= 0.3 is 5.97 Å². The van der Waals surface area contributed by atoms with E-state index in [4.69, 9.17) is 5.11 Å². The van der Waals surface area contributed by atoms with Gasteiger partial charge in [0.25, 0.3) is 0 Å². The van der Waals surface area contributed by atoms with E-state index in [9.17, 15) is 14.7 Å². The lowest BCUT2D eigenvalue weighted by Gasteiger charge is -2.23. The molecule has 0 unspecified atom stereocenters. The van der Waals surface area contributed by atoms with E-state index in [1.807, 2.05) is 0 Å². The summed E-state index contributed by atoms with van der Waals surface area (Å²) in [6, 6.07) is -1.21. The SMILES string of the molecule is C[C@@H](O)[C@H](NC(=O)C1CCCCCCC1)C(=O)O. The van der Waals surface area contributed by atoms with Gasteiger partial charge in [-0.1, -0.05) is 32.1 Å². The van der Waals surface area contributed by atoms with Crippen LogP contribution in [0, 0.1) is 5.92 Å². The van der Waals surface area contributed by atoms with Crippen LogP contribution in [0.1, 0.15) is 51.9 Å². The molecule has 2 atom stereocenters. The molecule has 0 aliphatic heterocycles. The van der Waals surface area contributed by atoms with Gasteiger partial charge in [-0.25, -0.2) is 4.79 Å². The minimum atomic E-state index is -1.21. The number of nitrogens with one attached hydrogen (secondary N) is 1. The fraction of sp³-hybridized carbons (Fsp3) is 0.846. The van der Waals surface area contributed by atoms with E-state index < -0.39 is 18.1 Å². The maximum Gasteiger partial charge on any atom is 0.328 e. The molecule has 0 spiro atoms. The predicted molar refractivity (Wildman–Crippen MR) is 67.1 cm³/mol. The molecule has 0 radical (unpaired) electrons. The first kappa shape index (κ1) is 15.0. The van der Waals surface area contributed by atoms with Gasteiger partial charge in [0.1, 0.15) is 0 Å². The normalized spacial score (nSPS) is 21.4. The zero-order chi connectivity index (χ0) is 13.5. The highest BCUT2D eigenvalue weighted by Crippen LogP contribution is 2.22. The fourth-order valence-corrected chi connectivity index (χ4v) is 2.38. The second-order valence-electron chi connectivity index (χ2n) is 5.11. The largest absolute Gasteiger partial charge is 0.480 e. The third kappa shape index (κ3) is 4.64. The van der Waals surface area contributed by atoms with Crippen molar-refractivity contribution in [1.82, 2.24) is 5.32 Å². The molecule has 0 aromatic carbocycles. The van der Waals surface area contributed by atoms with E-state index in [-0.39, 0.29) is 11.8 Å². The van der Waals surface area contributed by atoms with E-state index in [1.165, 1.54) is 13.3 Å². The van der Waals surface area contributed by atoms with Crippen molar-refractivity contribution in [2.45, 2.75) is 64.0 Å². The number of carboxylic acids is 1. The Bertz CT molecular complexity index is 283. The summed E-state index contributed by atoms with van der Waals surface area (Å²) >= 11 is 0. The quantitative estimate of drug-likeness (QED) is 0.708. The van der Waals surface area contributed by atoms with Crippen molar-refractivity contribution in [2.75, 3.05) is 0 Å². The van der Waals surface area contributed by atoms with Crippen molar-refractivity contribution >= 4 is 11.9 Å². The number of hydrogen-bond donors (Lipinski definition) is 3. The van der Waals surface area contributed by atoms with Gasteiger partial charge in [-0.05, 0) is 19.8 Å². The molecule has 1 saturated carbocycles. The summed E-state index contributed by atoms with van der Waals surface area (Å²) in [4.78, 5) is 22.9. The average molecular weight is 257 g/mol. The number of amides is 1. The molecule has 1 aliphatic carbocycles. The molecule has 1 amide bonds. The van der Waals surface area contributed by atoms with Crippen LogP contribution in [-0.4, -0.2) is 34.2 Å². The molecule has 5 nitrogen and oxygen atoms in total. The first-order valence-corrected chi connectivity index (χ1v) is 6.73. The second kappa shape index (κ2) is 7.36. The molecule has 0 aromatic heterocycles. The number of rotatable bonds is 4. The number of aliphatic carboxylic acids is 1. The van der Waals surface area contributed by atoms with Crippen molar-refractivity contribution in [3.63, 3.8) is 0 Å². The third-order valence-electron chi connectivity index (χ3n) is 3.52. The van der Waals surface area contributed by atoms with Gasteiger partial charge in [-0.3, -0.25) is 4.79 Å². The maximum absolute atomic E-state index is 12.0. The monoisotopic (exact) mass is 257 g/mol. The molecule has 0 saturated heterocycles. The Labute approximate surface area is 108 Å². The maximum atomic E-state index is 12.0. The van der Waals surface area contributed by atoms with Crippen LogP contribution in [0.5, 0.6) is 0 Å². The summed E-state index contributed by atoms with van der Waals surface area (Å²) in [5, 5.41) is 20.7. The molecule has 1 fully saturated rings. The van der Waals surface area contributed by atoms with Crippen LogP contribution < -0.4 is 5.32 Å². The molecule has 0 aromatic rings. The Kier molecular flexibility index (Phi) is 6.12. The highest BCUT2D eigenvalue weighted by atomic mass is 16.4. The Balaban J connectivity index is 2.53. The summed E-state index contributed by atoms with van der Waals surface area (Å²) in [5.41, 5.74) is 0. The van der Waals surface area contributed by atoms with Crippen molar-refractivity contribution in [3.05, 3.63) is 0 Å². The van der Waals surface area contributed by atoms with E-state index in [0.29, 0.717) is 0 Å². The third-order valence-corrected chi connectivity index (χ3v) is 3.52. The number of carbonyl (C=O) groups is 2. The van der Waals surface area contributed by atoms with Gasteiger partial charge in [-0.15, -0.1) is 0 Å². The van der Waals surface area contributed by atoms with Gasteiger partial charge in [0.15, 0.2) is 6.04 Å². The molecule has 0 heterocycles. The van der Waals surface area contributed by atoms with Gasteiger partial charge < -0.3 is 15.5 Å². The van der Waals surface area contributed by atoms with Crippen molar-refractivity contribution in [1.29, 1.82) is 0 Å². The molecule has 18 heavy (non-hydrogen) atoms. The molecule has 104 valence electrons. The molecule has 3 N–H and O–H groups in total. The van der Waals surface area contributed by atoms with Crippen LogP contribution in [0.2, 0.25) is 0 Å². The Morgan fingerprint density at radius 3 is 2.06 bits per heavy atom. The zero-order valence-corrected chi connectivity index (χ0v) is 10.9. The first-order valence-electron chi connectivity index (χ1n) is 6.73. The lowest BCUT2D eigenvalue weighted by Crippen LogP contribution is -2.49. The van der Waals surface area contributed by atoms with E-state index in [1.54, 1.807) is 0 Å². The molecular weight excluding hydrogens is 234 g/mol. The van der Waals surface area contributed by atoms with Crippen LogP contribution in [-0.2, 0) is 9.59 Å². The summed E-state index contributed by atoms with van der Waals surface area (Å²) in [5.74, 6) is -1.53. The van der Waals surface area contributed by atoms with Gasteiger partial charge in [0.2, 0.25) is 5.91 Å². The fourth-order valence-electron chi connectivity index (χ4n) is 2.38. The highest BCUT2D eigenvalue weighted by Gasteiger charge is 2.28. The van der Waals surface area contributed by atoms with Crippen molar-refractivity contribution < 1.29 is 19.8 Å². The van der Waals surface area contributed by atoms with Gasteiger partial charge in [0, 0.05) is 5.92 Å². The lowest BCUT2D eigenvalue weighted by atomic mass is 9.90. The molecule has 5 heteroatoms. The lowest BCUT2D eigenvalue weighted by molar-refractivity contribution is -0.145. The van der Waals surface area contributed by atoms with Crippen LogP contribution in [0.25, 0.3) is 0 Å². The minimum Gasteiger partial charge on any atom is -0.480 e. The summed E-state index contributed by atoms with van der Waals surface area (Å²) in [7, 11) is 0. The highest BCUT2D eigenvalue weighted by molar-refractivity contribution is 5.85. The molecule has 1 rings (SSSR count). The zero-order valence-electron chi connectivity index (χ0n) is 10.9. The average Bonchev–Trinajstić information content (AvgIpc) is 2.24. The van der Waals surface area contributed by atoms with E-state index in [0.717, 1.165) is 38.5 Å². The van der Waals surface area contributed by atoms with Gasteiger partial charge in [0.05, 0.1) is 6.10 Å². The Morgan fingerprint density at radius 2 is 1.61 bits per heavy atom. The number of aliphatic hydroxyl groups is 1. The summed E-state index contributed by atoms with van der Waals surface area (Å²) in [6.45, 7) is 1.37. The predicted octanol–water partition coefficient (Wildman–Crippen LogP) is 1.30. The topological polar surface area (TPSA) is 86.6 Å². The Morgan fingerprint density at radius 1 is 1.11 bits per heavy atom. The van der Waals surface area contributed by atoms with Crippen LogP contribution >= 0.6 is 0 Å². The molecule has 0 bridgehead atoms. The molecule has 1 aliphatic rings. The Hall–Kier alpha value is -1.10. The van der Waals surface area contributed by atoms with Crippen LogP contribution in [0.15, 0.2) is 0 Å². The van der Waals surface area contributed by atoms with Crippen LogP contribution in [0.4, 0.5) is 0 Å². The van der Waals surface area contributed by atoms with Gasteiger partial charge in [-0.2, -0.15) is 0 Å².